The van der Waals surface area contributed by atoms with Gasteiger partial charge in [-0.25, -0.2) is 9.18 Å². The molecule has 0 saturated carbocycles. The highest BCUT2D eigenvalue weighted by Crippen LogP contribution is 2.15. The lowest BCUT2D eigenvalue weighted by Crippen LogP contribution is -2.25. The van der Waals surface area contributed by atoms with Gasteiger partial charge in [0.2, 0.25) is 0 Å². The third kappa shape index (κ3) is 2.43. The van der Waals surface area contributed by atoms with E-state index in [0.717, 1.165) is 0 Å². The zero-order chi connectivity index (χ0) is 10.6. The summed E-state index contributed by atoms with van der Waals surface area (Å²) in [5, 5.41) is 4.94. The van der Waals surface area contributed by atoms with Gasteiger partial charge in [-0.15, -0.1) is 0 Å². The lowest BCUT2D eigenvalue weighted by atomic mass is 10.2. The molecule has 1 aromatic rings. The summed E-state index contributed by atoms with van der Waals surface area (Å²) < 4.78 is 12.8. The van der Waals surface area contributed by atoms with E-state index >= 15 is 0 Å². The maximum Gasteiger partial charge on any atom is 0.318 e. The third-order valence-corrected chi connectivity index (χ3v) is 1.76. The highest BCUT2D eigenvalue weighted by atomic mass is 19.1. The Kier molecular flexibility index (Phi) is 3.41. The Bertz CT molecular complexity index is 341. The van der Waals surface area contributed by atoms with Crippen LogP contribution in [-0.4, -0.2) is 13.1 Å². The first-order chi connectivity index (χ1) is 6.67. The van der Waals surface area contributed by atoms with Crippen molar-refractivity contribution >= 4 is 11.7 Å². The van der Waals surface area contributed by atoms with E-state index in [0.29, 0.717) is 11.3 Å². The molecule has 0 aliphatic carbocycles. The average molecular weight is 197 g/mol. The molecule has 5 heteroatoms. The van der Waals surface area contributed by atoms with Gasteiger partial charge in [-0.05, 0) is 23.8 Å². The van der Waals surface area contributed by atoms with Gasteiger partial charge in [-0.1, -0.05) is 0 Å². The molecule has 0 bridgehead atoms. The maximum absolute atomic E-state index is 12.8. The van der Waals surface area contributed by atoms with Crippen molar-refractivity contribution in [2.24, 2.45) is 5.73 Å². The molecule has 2 amide bonds. The molecule has 0 unspecified atom stereocenters. The van der Waals surface area contributed by atoms with Crippen molar-refractivity contribution in [2.45, 2.75) is 6.54 Å². The zero-order valence-corrected chi connectivity index (χ0v) is 7.80. The minimum atomic E-state index is -0.368. The van der Waals surface area contributed by atoms with E-state index in [4.69, 9.17) is 5.73 Å². The van der Waals surface area contributed by atoms with Crippen molar-refractivity contribution < 1.29 is 9.18 Å². The van der Waals surface area contributed by atoms with Gasteiger partial charge in [-0.3, -0.25) is 0 Å². The number of benzene rings is 1. The quantitative estimate of drug-likeness (QED) is 0.663. The van der Waals surface area contributed by atoms with Crippen molar-refractivity contribution in [1.29, 1.82) is 0 Å². The van der Waals surface area contributed by atoms with Gasteiger partial charge in [0.15, 0.2) is 0 Å². The maximum atomic E-state index is 12.8. The molecule has 76 valence electrons. The predicted octanol–water partition coefficient (Wildman–Crippen LogP) is 1.04. The standard InChI is InChI=1S/C9H12FN3O/c1-12-9(14)13-8-3-2-7(10)4-6(8)5-11/h2-4H,5,11H2,1H3,(H2,12,13,14). The molecule has 4 N–H and O–H groups in total. The highest BCUT2D eigenvalue weighted by Gasteiger charge is 2.04. The molecule has 1 rings (SSSR count). The van der Waals surface area contributed by atoms with E-state index in [2.05, 4.69) is 10.6 Å². The van der Waals surface area contributed by atoms with E-state index in [-0.39, 0.29) is 18.4 Å². The van der Waals surface area contributed by atoms with E-state index in [1.54, 1.807) is 0 Å². The number of rotatable bonds is 2. The summed E-state index contributed by atoms with van der Waals surface area (Å²) in [7, 11) is 1.50. The Morgan fingerprint density at radius 2 is 2.29 bits per heavy atom. The number of urea groups is 1. The second-order valence-corrected chi connectivity index (χ2v) is 2.71. The van der Waals surface area contributed by atoms with Gasteiger partial charge < -0.3 is 16.4 Å². The van der Waals surface area contributed by atoms with Crippen molar-refractivity contribution in [3.8, 4) is 0 Å². The van der Waals surface area contributed by atoms with Crippen LogP contribution < -0.4 is 16.4 Å². The minimum Gasteiger partial charge on any atom is -0.341 e. The number of hydrogen-bond donors (Lipinski definition) is 3. The molecule has 4 nitrogen and oxygen atoms in total. The Morgan fingerprint density at radius 3 is 2.86 bits per heavy atom. The fourth-order valence-electron chi connectivity index (χ4n) is 1.04. The molecule has 0 spiro atoms. The fraction of sp³-hybridized carbons (Fsp3) is 0.222. The molecular formula is C9H12FN3O. The fourth-order valence-corrected chi connectivity index (χ4v) is 1.04. The van der Waals surface area contributed by atoms with Crippen LogP contribution >= 0.6 is 0 Å². The Labute approximate surface area is 81.3 Å². The number of nitrogens with one attached hydrogen (secondary N) is 2. The summed E-state index contributed by atoms with van der Waals surface area (Å²) in [5.74, 6) is -0.368. The zero-order valence-electron chi connectivity index (χ0n) is 7.80. The molecule has 0 radical (unpaired) electrons. The molecule has 0 aliphatic rings. The van der Waals surface area contributed by atoms with E-state index in [9.17, 15) is 9.18 Å². The first-order valence-corrected chi connectivity index (χ1v) is 4.14. The van der Waals surface area contributed by atoms with Crippen LogP contribution in [-0.2, 0) is 6.54 Å². The van der Waals surface area contributed by atoms with Crippen LogP contribution in [0.3, 0.4) is 0 Å². The molecule has 0 aromatic heterocycles. The van der Waals surface area contributed by atoms with Gasteiger partial charge >= 0.3 is 6.03 Å². The summed E-state index contributed by atoms with van der Waals surface area (Å²) in [4.78, 5) is 11.0. The van der Waals surface area contributed by atoms with Crippen molar-refractivity contribution in [3.05, 3.63) is 29.6 Å². The Balaban J connectivity index is 2.90. The van der Waals surface area contributed by atoms with Gasteiger partial charge in [0.25, 0.3) is 0 Å². The van der Waals surface area contributed by atoms with Gasteiger partial charge in [-0.2, -0.15) is 0 Å². The first kappa shape index (κ1) is 10.5. The predicted molar refractivity (Wildman–Crippen MR) is 52.4 cm³/mol. The first-order valence-electron chi connectivity index (χ1n) is 4.14. The second kappa shape index (κ2) is 4.57. The SMILES string of the molecule is CNC(=O)Nc1ccc(F)cc1CN. The molecule has 14 heavy (non-hydrogen) atoms. The summed E-state index contributed by atoms with van der Waals surface area (Å²) >= 11 is 0. The second-order valence-electron chi connectivity index (χ2n) is 2.71. The van der Waals surface area contributed by atoms with Crippen LogP contribution in [0, 0.1) is 5.82 Å². The summed E-state index contributed by atoms with van der Waals surface area (Å²) in [6.07, 6.45) is 0. The van der Waals surface area contributed by atoms with Crippen LogP contribution in [0.1, 0.15) is 5.56 Å². The summed E-state index contributed by atoms with van der Waals surface area (Å²) in [6, 6.07) is 3.69. The van der Waals surface area contributed by atoms with E-state index in [1.165, 1.54) is 25.2 Å². The Morgan fingerprint density at radius 1 is 1.57 bits per heavy atom. The number of carbonyl (C=O) groups is 1. The molecule has 0 atom stereocenters. The van der Waals surface area contributed by atoms with Crippen LogP contribution in [0.15, 0.2) is 18.2 Å². The lowest BCUT2D eigenvalue weighted by Gasteiger charge is -2.08. The lowest BCUT2D eigenvalue weighted by molar-refractivity contribution is 0.254. The minimum absolute atomic E-state index is 0.178. The number of anilines is 1. The average Bonchev–Trinajstić information content (AvgIpc) is 2.20. The molecule has 0 fully saturated rings. The largest absolute Gasteiger partial charge is 0.341 e. The summed E-state index contributed by atoms with van der Waals surface area (Å²) in [6.45, 7) is 0.178. The van der Waals surface area contributed by atoms with Gasteiger partial charge in [0.1, 0.15) is 5.82 Å². The molecule has 0 heterocycles. The smallest absolute Gasteiger partial charge is 0.318 e. The van der Waals surface area contributed by atoms with Crippen LogP contribution in [0.25, 0.3) is 0 Å². The van der Waals surface area contributed by atoms with Crippen molar-refractivity contribution in [2.75, 3.05) is 12.4 Å². The topological polar surface area (TPSA) is 67.2 Å². The van der Waals surface area contributed by atoms with Gasteiger partial charge in [0, 0.05) is 19.3 Å². The monoisotopic (exact) mass is 197 g/mol. The van der Waals surface area contributed by atoms with E-state index < -0.39 is 0 Å². The molecule has 1 aromatic carbocycles. The van der Waals surface area contributed by atoms with Crippen molar-refractivity contribution in [1.82, 2.24) is 5.32 Å². The van der Waals surface area contributed by atoms with Crippen LogP contribution in [0.5, 0.6) is 0 Å². The number of carbonyl (C=O) groups excluding carboxylic acids is 1. The Hall–Kier alpha value is -1.62. The number of nitrogens with two attached hydrogens (primary N) is 1. The van der Waals surface area contributed by atoms with Gasteiger partial charge in [0.05, 0.1) is 0 Å². The van der Waals surface area contributed by atoms with Crippen molar-refractivity contribution in [3.63, 3.8) is 0 Å². The molecular weight excluding hydrogens is 185 g/mol. The van der Waals surface area contributed by atoms with Crippen LogP contribution in [0.4, 0.5) is 14.9 Å². The molecule has 0 saturated heterocycles. The summed E-state index contributed by atoms with van der Waals surface area (Å²) in [5.41, 5.74) is 6.48. The molecule has 0 aliphatic heterocycles. The number of hydrogen-bond acceptors (Lipinski definition) is 2. The number of amides is 2. The highest BCUT2D eigenvalue weighted by molar-refractivity contribution is 5.89. The normalized spacial score (nSPS) is 9.64. The van der Waals surface area contributed by atoms with Crippen LogP contribution in [0.2, 0.25) is 0 Å². The van der Waals surface area contributed by atoms with E-state index in [1.807, 2.05) is 0 Å². The number of halogens is 1. The third-order valence-electron chi connectivity index (χ3n) is 1.76.